The summed E-state index contributed by atoms with van der Waals surface area (Å²) in [7, 11) is 0. The van der Waals surface area contributed by atoms with Crippen LogP contribution in [0.15, 0.2) is 30.3 Å². The van der Waals surface area contributed by atoms with E-state index in [9.17, 15) is 9.59 Å². The summed E-state index contributed by atoms with van der Waals surface area (Å²) in [5.41, 5.74) is 0.942. The molecule has 1 amide bonds. The summed E-state index contributed by atoms with van der Waals surface area (Å²) in [5, 5.41) is 8.72. The van der Waals surface area contributed by atoms with Gasteiger partial charge in [-0.25, -0.2) is 4.79 Å². The number of benzene rings is 1. The minimum absolute atomic E-state index is 0.0433. The van der Waals surface area contributed by atoms with Gasteiger partial charge in [0.25, 0.3) is 0 Å². The summed E-state index contributed by atoms with van der Waals surface area (Å²) in [5.74, 6) is -0.772. The van der Waals surface area contributed by atoms with Gasteiger partial charge in [0.15, 0.2) is 0 Å². The number of carboxylic acid groups (broad SMARTS) is 1. The fraction of sp³-hybridized carbons (Fsp3) is 0.429. The van der Waals surface area contributed by atoms with Gasteiger partial charge in [0, 0.05) is 19.5 Å². The summed E-state index contributed by atoms with van der Waals surface area (Å²) in [6.07, 6.45) is 0.478. The molecular formula is C14H17NO4. The summed E-state index contributed by atoms with van der Waals surface area (Å²) < 4.78 is 5.20. The van der Waals surface area contributed by atoms with Crippen LogP contribution < -0.4 is 0 Å². The van der Waals surface area contributed by atoms with Gasteiger partial charge < -0.3 is 14.7 Å². The zero-order valence-corrected chi connectivity index (χ0v) is 10.6. The van der Waals surface area contributed by atoms with Crippen LogP contribution in [-0.4, -0.2) is 35.2 Å². The van der Waals surface area contributed by atoms with Gasteiger partial charge in [-0.3, -0.25) is 4.79 Å². The van der Waals surface area contributed by atoms with E-state index in [-0.39, 0.29) is 25.0 Å². The highest BCUT2D eigenvalue weighted by atomic mass is 16.6. The monoisotopic (exact) mass is 263 g/mol. The van der Waals surface area contributed by atoms with Crippen molar-refractivity contribution < 1.29 is 19.4 Å². The molecule has 0 bridgehead atoms. The first kappa shape index (κ1) is 13.4. The van der Waals surface area contributed by atoms with E-state index in [0.29, 0.717) is 13.1 Å². The van der Waals surface area contributed by atoms with Crippen molar-refractivity contribution in [3.05, 3.63) is 35.9 Å². The fourth-order valence-corrected chi connectivity index (χ4v) is 2.22. The Kier molecular flexibility index (Phi) is 4.39. The molecule has 1 heterocycles. The Hall–Kier alpha value is -2.04. The second kappa shape index (κ2) is 6.22. The average Bonchev–Trinajstić information content (AvgIpc) is 2.85. The lowest BCUT2D eigenvalue weighted by molar-refractivity contribution is -0.138. The lowest BCUT2D eigenvalue weighted by atomic mass is 10.1. The Balaban J connectivity index is 1.77. The molecule has 1 unspecified atom stereocenters. The van der Waals surface area contributed by atoms with Crippen LogP contribution in [0.2, 0.25) is 0 Å². The highest BCUT2D eigenvalue weighted by Gasteiger charge is 2.28. The van der Waals surface area contributed by atoms with E-state index in [0.717, 1.165) is 12.0 Å². The van der Waals surface area contributed by atoms with Crippen LogP contribution in [0.4, 0.5) is 4.79 Å². The first-order valence-electron chi connectivity index (χ1n) is 6.32. The molecule has 1 saturated heterocycles. The molecular weight excluding hydrogens is 246 g/mol. The Morgan fingerprint density at radius 1 is 1.32 bits per heavy atom. The Morgan fingerprint density at radius 3 is 2.74 bits per heavy atom. The lowest BCUT2D eigenvalue weighted by Crippen LogP contribution is -2.29. The largest absolute Gasteiger partial charge is 0.481 e. The summed E-state index contributed by atoms with van der Waals surface area (Å²) in [6, 6.07) is 9.47. The molecule has 19 heavy (non-hydrogen) atoms. The topological polar surface area (TPSA) is 66.8 Å². The maximum Gasteiger partial charge on any atom is 0.410 e. The van der Waals surface area contributed by atoms with Crippen LogP contribution in [0.5, 0.6) is 0 Å². The van der Waals surface area contributed by atoms with Gasteiger partial charge in [0.1, 0.15) is 6.61 Å². The smallest absolute Gasteiger partial charge is 0.410 e. The van der Waals surface area contributed by atoms with Crippen molar-refractivity contribution in [1.29, 1.82) is 0 Å². The quantitative estimate of drug-likeness (QED) is 0.903. The molecule has 0 saturated carbocycles. The van der Waals surface area contributed by atoms with Crippen LogP contribution >= 0.6 is 0 Å². The molecule has 1 aliphatic heterocycles. The molecule has 1 fully saturated rings. The minimum Gasteiger partial charge on any atom is -0.481 e. The molecule has 0 aliphatic carbocycles. The second-order valence-corrected chi connectivity index (χ2v) is 4.74. The van der Waals surface area contributed by atoms with E-state index >= 15 is 0 Å². The fourth-order valence-electron chi connectivity index (χ4n) is 2.22. The third-order valence-electron chi connectivity index (χ3n) is 3.21. The maximum atomic E-state index is 11.8. The molecule has 0 radical (unpaired) electrons. The number of aliphatic carboxylic acids is 1. The molecule has 1 aromatic carbocycles. The zero-order valence-electron chi connectivity index (χ0n) is 10.6. The van der Waals surface area contributed by atoms with Crippen molar-refractivity contribution in [1.82, 2.24) is 4.90 Å². The van der Waals surface area contributed by atoms with Crippen LogP contribution in [0.3, 0.4) is 0 Å². The Bertz CT molecular complexity index is 446. The van der Waals surface area contributed by atoms with Gasteiger partial charge in [-0.15, -0.1) is 0 Å². The molecule has 5 nitrogen and oxygen atoms in total. The number of rotatable bonds is 4. The Morgan fingerprint density at radius 2 is 2.05 bits per heavy atom. The molecule has 102 valence electrons. The summed E-state index contributed by atoms with van der Waals surface area (Å²) in [6.45, 7) is 1.30. The number of carbonyl (C=O) groups is 2. The van der Waals surface area contributed by atoms with Gasteiger partial charge in [-0.1, -0.05) is 30.3 Å². The van der Waals surface area contributed by atoms with Crippen LogP contribution in [0, 0.1) is 5.92 Å². The van der Waals surface area contributed by atoms with E-state index in [1.165, 1.54) is 0 Å². The highest BCUT2D eigenvalue weighted by molar-refractivity contribution is 5.69. The van der Waals surface area contributed by atoms with Crippen molar-refractivity contribution in [2.24, 2.45) is 5.92 Å². The Labute approximate surface area is 111 Å². The van der Waals surface area contributed by atoms with Gasteiger partial charge in [0.05, 0.1) is 0 Å². The SMILES string of the molecule is O=C(O)CC1CCN(C(=O)OCc2ccccc2)C1. The van der Waals surface area contributed by atoms with Crippen molar-refractivity contribution >= 4 is 12.1 Å². The van der Waals surface area contributed by atoms with Gasteiger partial charge >= 0.3 is 12.1 Å². The number of nitrogens with zero attached hydrogens (tertiary/aromatic N) is 1. The number of likely N-dealkylation sites (tertiary alicyclic amines) is 1. The molecule has 1 N–H and O–H groups in total. The average molecular weight is 263 g/mol. The highest BCUT2D eigenvalue weighted by Crippen LogP contribution is 2.20. The van der Waals surface area contributed by atoms with Gasteiger partial charge in [-0.2, -0.15) is 0 Å². The third-order valence-corrected chi connectivity index (χ3v) is 3.21. The van der Waals surface area contributed by atoms with E-state index in [1.807, 2.05) is 30.3 Å². The molecule has 5 heteroatoms. The number of hydrogen-bond donors (Lipinski definition) is 1. The number of amides is 1. The second-order valence-electron chi connectivity index (χ2n) is 4.74. The maximum absolute atomic E-state index is 11.8. The number of carboxylic acids is 1. The van der Waals surface area contributed by atoms with Crippen LogP contribution in [-0.2, 0) is 16.1 Å². The molecule has 1 aromatic rings. The number of hydrogen-bond acceptors (Lipinski definition) is 3. The predicted octanol–water partition coefficient (Wildman–Crippen LogP) is 2.12. The van der Waals surface area contributed by atoms with E-state index in [1.54, 1.807) is 4.90 Å². The van der Waals surface area contributed by atoms with Crippen molar-refractivity contribution in [3.63, 3.8) is 0 Å². The minimum atomic E-state index is -0.815. The zero-order chi connectivity index (χ0) is 13.7. The standard InChI is InChI=1S/C14H17NO4/c16-13(17)8-12-6-7-15(9-12)14(18)19-10-11-4-2-1-3-5-11/h1-5,12H,6-10H2,(H,16,17). The summed E-state index contributed by atoms with van der Waals surface area (Å²) >= 11 is 0. The van der Waals surface area contributed by atoms with Gasteiger partial charge in [0.2, 0.25) is 0 Å². The van der Waals surface area contributed by atoms with Crippen molar-refractivity contribution in [2.45, 2.75) is 19.4 Å². The molecule has 0 spiro atoms. The number of carbonyl (C=O) groups excluding carboxylic acids is 1. The van der Waals surface area contributed by atoms with Crippen LogP contribution in [0.1, 0.15) is 18.4 Å². The predicted molar refractivity (Wildman–Crippen MR) is 68.6 cm³/mol. The first-order chi connectivity index (χ1) is 9.15. The normalized spacial score (nSPS) is 18.3. The molecule has 0 aromatic heterocycles. The van der Waals surface area contributed by atoms with E-state index in [2.05, 4.69) is 0 Å². The number of ether oxygens (including phenoxy) is 1. The lowest BCUT2D eigenvalue weighted by Gasteiger charge is -2.16. The van der Waals surface area contributed by atoms with Crippen molar-refractivity contribution in [2.75, 3.05) is 13.1 Å². The van der Waals surface area contributed by atoms with Gasteiger partial charge in [-0.05, 0) is 17.9 Å². The van der Waals surface area contributed by atoms with E-state index in [4.69, 9.17) is 9.84 Å². The summed E-state index contributed by atoms with van der Waals surface area (Å²) in [4.78, 5) is 24.0. The molecule has 1 aliphatic rings. The molecule has 1 atom stereocenters. The third kappa shape index (κ3) is 3.98. The van der Waals surface area contributed by atoms with Crippen molar-refractivity contribution in [3.8, 4) is 0 Å². The first-order valence-corrected chi connectivity index (χ1v) is 6.32. The molecule has 2 rings (SSSR count). The van der Waals surface area contributed by atoms with Crippen LogP contribution in [0.25, 0.3) is 0 Å². The van der Waals surface area contributed by atoms with E-state index < -0.39 is 5.97 Å².